The zero-order valence-corrected chi connectivity index (χ0v) is 18.3. The first kappa shape index (κ1) is 22.5. The summed E-state index contributed by atoms with van der Waals surface area (Å²) in [6.45, 7) is 3.34. The summed E-state index contributed by atoms with van der Waals surface area (Å²) in [5.74, 6) is 1.96. The van der Waals surface area contributed by atoms with Crippen LogP contribution in [-0.2, 0) is 22.6 Å². The van der Waals surface area contributed by atoms with Crippen LogP contribution in [0.4, 0.5) is 0 Å². The number of rotatable bonds is 9. The standard InChI is InChI=1S/C24H30N2O5/c1-4-20(24(28)25-2)26(16-18-5-9-19(29-3)10-6-18)23(27)12-8-17-7-11-21-22(15-17)31-14-13-30-21/h5-7,9-11,15,20H,4,8,12-14,16H2,1-3H3,(H,25,28)/t20-/m0/s1. The molecular weight excluding hydrogens is 396 g/mol. The van der Waals surface area contributed by atoms with Crippen molar-refractivity contribution >= 4 is 11.8 Å². The van der Waals surface area contributed by atoms with Gasteiger partial charge in [-0.3, -0.25) is 9.59 Å². The van der Waals surface area contributed by atoms with Gasteiger partial charge in [-0.2, -0.15) is 0 Å². The second-order valence-corrected chi connectivity index (χ2v) is 7.39. The molecule has 2 aromatic carbocycles. The number of carbonyl (C=O) groups is 2. The van der Waals surface area contributed by atoms with Gasteiger partial charge in [-0.05, 0) is 48.2 Å². The van der Waals surface area contributed by atoms with Crippen molar-refractivity contribution in [3.8, 4) is 17.2 Å². The minimum Gasteiger partial charge on any atom is -0.497 e. The van der Waals surface area contributed by atoms with Gasteiger partial charge in [-0.25, -0.2) is 0 Å². The zero-order valence-electron chi connectivity index (χ0n) is 18.3. The molecule has 7 heteroatoms. The first-order valence-corrected chi connectivity index (χ1v) is 10.6. The average molecular weight is 427 g/mol. The highest BCUT2D eigenvalue weighted by atomic mass is 16.6. The number of benzene rings is 2. The van der Waals surface area contributed by atoms with Gasteiger partial charge in [0.25, 0.3) is 0 Å². The lowest BCUT2D eigenvalue weighted by Gasteiger charge is -2.30. The van der Waals surface area contributed by atoms with E-state index in [2.05, 4.69) is 5.32 Å². The number of methoxy groups -OCH3 is 1. The van der Waals surface area contributed by atoms with Crippen LogP contribution in [0, 0.1) is 0 Å². The van der Waals surface area contributed by atoms with E-state index in [1.807, 2.05) is 49.4 Å². The zero-order chi connectivity index (χ0) is 22.2. The number of hydrogen-bond donors (Lipinski definition) is 1. The van der Waals surface area contributed by atoms with Gasteiger partial charge in [0.1, 0.15) is 25.0 Å². The second kappa shape index (κ2) is 10.7. The van der Waals surface area contributed by atoms with Crippen LogP contribution in [0.5, 0.6) is 17.2 Å². The molecule has 0 spiro atoms. The molecule has 0 saturated carbocycles. The van der Waals surface area contributed by atoms with E-state index in [4.69, 9.17) is 14.2 Å². The third-order valence-corrected chi connectivity index (χ3v) is 5.38. The fourth-order valence-corrected chi connectivity index (χ4v) is 3.65. The molecule has 3 rings (SSSR count). The number of fused-ring (bicyclic) bond motifs is 1. The smallest absolute Gasteiger partial charge is 0.242 e. The summed E-state index contributed by atoms with van der Waals surface area (Å²) in [4.78, 5) is 27.3. The van der Waals surface area contributed by atoms with Crippen molar-refractivity contribution in [1.29, 1.82) is 0 Å². The molecule has 0 radical (unpaired) electrons. The molecule has 0 aromatic heterocycles. The first-order valence-electron chi connectivity index (χ1n) is 10.6. The van der Waals surface area contributed by atoms with Gasteiger partial charge in [-0.15, -0.1) is 0 Å². The minimum absolute atomic E-state index is 0.0684. The molecular formula is C24H30N2O5. The van der Waals surface area contributed by atoms with Crippen molar-refractivity contribution in [2.45, 2.75) is 38.8 Å². The number of hydrogen-bond acceptors (Lipinski definition) is 5. The van der Waals surface area contributed by atoms with Gasteiger partial charge in [-0.1, -0.05) is 25.1 Å². The Bertz CT molecular complexity index is 897. The Morgan fingerprint density at radius 1 is 1.06 bits per heavy atom. The third kappa shape index (κ3) is 5.69. The maximum atomic E-state index is 13.2. The van der Waals surface area contributed by atoms with Crippen LogP contribution in [0.15, 0.2) is 42.5 Å². The first-order chi connectivity index (χ1) is 15.0. The van der Waals surface area contributed by atoms with E-state index in [1.165, 1.54) is 0 Å². The van der Waals surface area contributed by atoms with Crippen molar-refractivity contribution in [3.05, 3.63) is 53.6 Å². The van der Waals surface area contributed by atoms with Crippen LogP contribution in [0.3, 0.4) is 0 Å². The molecule has 2 amide bonds. The third-order valence-electron chi connectivity index (χ3n) is 5.38. The predicted octanol–water partition coefficient (Wildman–Crippen LogP) is 2.95. The molecule has 1 atom stereocenters. The van der Waals surface area contributed by atoms with Crippen molar-refractivity contribution in [1.82, 2.24) is 10.2 Å². The van der Waals surface area contributed by atoms with E-state index >= 15 is 0 Å². The van der Waals surface area contributed by atoms with Gasteiger partial charge in [0.2, 0.25) is 11.8 Å². The van der Waals surface area contributed by atoms with E-state index in [-0.39, 0.29) is 11.8 Å². The van der Waals surface area contributed by atoms with E-state index in [0.717, 1.165) is 22.6 Å². The molecule has 0 saturated heterocycles. The number of aryl methyl sites for hydroxylation is 1. The number of nitrogens with zero attached hydrogens (tertiary/aromatic N) is 1. The highest BCUT2D eigenvalue weighted by Gasteiger charge is 2.27. The number of ether oxygens (including phenoxy) is 3. The van der Waals surface area contributed by atoms with Gasteiger partial charge in [0, 0.05) is 20.0 Å². The van der Waals surface area contributed by atoms with Gasteiger partial charge >= 0.3 is 0 Å². The van der Waals surface area contributed by atoms with Crippen LogP contribution in [0.1, 0.15) is 30.9 Å². The summed E-state index contributed by atoms with van der Waals surface area (Å²) in [6, 6.07) is 12.8. The molecule has 31 heavy (non-hydrogen) atoms. The highest BCUT2D eigenvalue weighted by molar-refractivity contribution is 5.87. The summed E-state index contributed by atoms with van der Waals surface area (Å²) < 4.78 is 16.4. The molecule has 0 fully saturated rings. The quantitative estimate of drug-likeness (QED) is 0.667. The van der Waals surface area contributed by atoms with Crippen molar-refractivity contribution in [2.75, 3.05) is 27.4 Å². The molecule has 0 aliphatic carbocycles. The molecule has 0 unspecified atom stereocenters. The summed E-state index contributed by atoms with van der Waals surface area (Å²) in [5, 5.41) is 2.68. The highest BCUT2D eigenvalue weighted by Crippen LogP contribution is 2.31. The topological polar surface area (TPSA) is 77.1 Å². The van der Waals surface area contributed by atoms with Crippen LogP contribution >= 0.6 is 0 Å². The number of amides is 2. The Hall–Kier alpha value is -3.22. The Labute approximate surface area is 183 Å². The molecule has 1 aliphatic heterocycles. The fourth-order valence-electron chi connectivity index (χ4n) is 3.65. The van der Waals surface area contributed by atoms with Crippen LogP contribution in [0.25, 0.3) is 0 Å². The Morgan fingerprint density at radius 3 is 2.39 bits per heavy atom. The predicted molar refractivity (Wildman–Crippen MR) is 117 cm³/mol. The summed E-state index contributed by atoms with van der Waals surface area (Å²) >= 11 is 0. The maximum absolute atomic E-state index is 13.2. The Morgan fingerprint density at radius 2 is 1.74 bits per heavy atom. The molecule has 1 heterocycles. The maximum Gasteiger partial charge on any atom is 0.242 e. The Balaban J connectivity index is 1.73. The van der Waals surface area contributed by atoms with E-state index < -0.39 is 6.04 Å². The van der Waals surface area contributed by atoms with Crippen molar-refractivity contribution < 1.29 is 23.8 Å². The molecule has 7 nitrogen and oxygen atoms in total. The lowest BCUT2D eigenvalue weighted by atomic mass is 10.1. The summed E-state index contributed by atoms with van der Waals surface area (Å²) in [5.41, 5.74) is 1.94. The monoisotopic (exact) mass is 426 g/mol. The van der Waals surface area contributed by atoms with E-state index in [0.29, 0.717) is 44.8 Å². The largest absolute Gasteiger partial charge is 0.497 e. The van der Waals surface area contributed by atoms with Crippen molar-refractivity contribution in [3.63, 3.8) is 0 Å². The summed E-state index contributed by atoms with van der Waals surface area (Å²) in [7, 11) is 3.21. The molecule has 1 N–H and O–H groups in total. The van der Waals surface area contributed by atoms with Crippen LogP contribution < -0.4 is 19.5 Å². The lowest BCUT2D eigenvalue weighted by Crippen LogP contribution is -2.48. The Kier molecular flexibility index (Phi) is 7.76. The van der Waals surface area contributed by atoms with Gasteiger partial charge in [0.05, 0.1) is 7.11 Å². The van der Waals surface area contributed by atoms with Gasteiger partial charge < -0.3 is 24.4 Å². The molecule has 2 aromatic rings. The SMILES string of the molecule is CC[C@@H](C(=O)NC)N(Cc1ccc(OC)cc1)C(=O)CCc1ccc2c(c1)OCCO2. The van der Waals surface area contributed by atoms with Gasteiger partial charge in [0.15, 0.2) is 11.5 Å². The molecule has 0 bridgehead atoms. The van der Waals surface area contributed by atoms with Crippen molar-refractivity contribution in [2.24, 2.45) is 0 Å². The number of nitrogens with one attached hydrogen (secondary N) is 1. The average Bonchev–Trinajstić information content (AvgIpc) is 2.82. The van der Waals surface area contributed by atoms with Crippen LogP contribution in [-0.4, -0.2) is 50.1 Å². The van der Waals surface area contributed by atoms with E-state index in [1.54, 1.807) is 19.1 Å². The second-order valence-electron chi connectivity index (χ2n) is 7.39. The lowest BCUT2D eigenvalue weighted by molar-refractivity contribution is -0.141. The summed E-state index contributed by atoms with van der Waals surface area (Å²) in [6.07, 6.45) is 1.38. The molecule has 1 aliphatic rings. The number of likely N-dealkylation sites (N-methyl/N-ethyl adjacent to an activating group) is 1. The minimum atomic E-state index is -0.528. The molecule has 166 valence electrons. The fraction of sp³-hybridized carbons (Fsp3) is 0.417. The normalized spacial score (nSPS) is 13.3. The van der Waals surface area contributed by atoms with E-state index in [9.17, 15) is 9.59 Å². The number of carbonyl (C=O) groups excluding carboxylic acids is 2. The van der Waals surface area contributed by atoms with Crippen LogP contribution in [0.2, 0.25) is 0 Å².